The molecule has 0 heterocycles. The second-order valence-corrected chi connectivity index (χ2v) is 5.52. The first-order valence-electron chi connectivity index (χ1n) is 6.11. The molecule has 3 heteroatoms. The third kappa shape index (κ3) is 3.44. The predicted octanol–water partition coefficient (Wildman–Crippen LogP) is 3.46. The van der Waals surface area contributed by atoms with Crippen LogP contribution in [-0.4, -0.2) is 24.0 Å². The van der Waals surface area contributed by atoms with Gasteiger partial charge >= 0.3 is 0 Å². The van der Waals surface area contributed by atoms with E-state index in [9.17, 15) is 0 Å². The number of nitrogens with zero attached hydrogens (tertiary/aromatic N) is 1. The fraction of sp³-hybridized carbons (Fsp3) is 0.571. The Morgan fingerprint density at radius 3 is 2.53 bits per heavy atom. The van der Waals surface area contributed by atoms with Gasteiger partial charge in [-0.1, -0.05) is 30.7 Å². The first kappa shape index (κ1) is 14.5. The average molecular weight is 255 g/mol. The van der Waals surface area contributed by atoms with Gasteiger partial charge in [-0.05, 0) is 45.0 Å². The molecule has 0 spiro atoms. The summed E-state index contributed by atoms with van der Waals surface area (Å²) in [5.41, 5.74) is 7.24. The zero-order valence-corrected chi connectivity index (χ0v) is 12.0. The van der Waals surface area contributed by atoms with Crippen LogP contribution in [0.2, 0.25) is 5.02 Å². The van der Waals surface area contributed by atoms with Gasteiger partial charge in [0.25, 0.3) is 0 Å². The first-order chi connectivity index (χ1) is 7.92. The summed E-state index contributed by atoms with van der Waals surface area (Å²) >= 11 is 6.04. The molecular formula is C14H23ClN2. The van der Waals surface area contributed by atoms with Gasteiger partial charge < -0.3 is 5.73 Å². The van der Waals surface area contributed by atoms with Gasteiger partial charge in [0.1, 0.15) is 0 Å². The maximum absolute atomic E-state index is 6.04. The first-order valence-corrected chi connectivity index (χ1v) is 6.48. The van der Waals surface area contributed by atoms with E-state index in [4.69, 9.17) is 17.3 Å². The Morgan fingerprint density at radius 2 is 2.06 bits per heavy atom. The van der Waals surface area contributed by atoms with E-state index in [2.05, 4.69) is 38.8 Å². The van der Waals surface area contributed by atoms with Crippen molar-refractivity contribution in [3.05, 3.63) is 34.9 Å². The van der Waals surface area contributed by atoms with Crippen molar-refractivity contribution in [3.8, 4) is 0 Å². The van der Waals surface area contributed by atoms with Crippen LogP contribution in [0.3, 0.4) is 0 Å². The average Bonchev–Trinajstić information content (AvgIpc) is 2.30. The molecule has 2 N–H and O–H groups in total. The topological polar surface area (TPSA) is 29.3 Å². The fourth-order valence-electron chi connectivity index (χ4n) is 1.90. The number of nitrogens with two attached hydrogens (primary N) is 1. The molecule has 0 aliphatic rings. The normalized spacial score (nSPS) is 14.1. The third-order valence-corrected chi connectivity index (χ3v) is 3.98. The minimum atomic E-state index is 0.131. The number of benzene rings is 1. The molecule has 0 aliphatic heterocycles. The fourth-order valence-corrected chi connectivity index (χ4v) is 2.10. The summed E-state index contributed by atoms with van der Waals surface area (Å²) in [6.45, 7) is 7.27. The minimum Gasteiger partial charge on any atom is -0.329 e. The third-order valence-electron chi connectivity index (χ3n) is 3.74. The lowest BCUT2D eigenvalue weighted by molar-refractivity contribution is 0.100. The van der Waals surface area contributed by atoms with Crippen LogP contribution in [0.25, 0.3) is 0 Å². The number of halogens is 1. The highest BCUT2D eigenvalue weighted by atomic mass is 35.5. The summed E-state index contributed by atoms with van der Waals surface area (Å²) in [4.78, 5) is 2.33. The van der Waals surface area contributed by atoms with Crippen molar-refractivity contribution >= 4 is 11.6 Å². The van der Waals surface area contributed by atoms with E-state index in [1.54, 1.807) is 0 Å². The highest BCUT2D eigenvalue weighted by molar-refractivity contribution is 6.30. The van der Waals surface area contributed by atoms with Gasteiger partial charge in [0.15, 0.2) is 0 Å². The van der Waals surface area contributed by atoms with Crippen molar-refractivity contribution in [2.24, 2.45) is 5.73 Å². The highest BCUT2D eigenvalue weighted by Crippen LogP contribution is 2.29. The molecule has 1 aromatic carbocycles. The second-order valence-electron chi connectivity index (χ2n) is 5.08. The lowest BCUT2D eigenvalue weighted by Crippen LogP contribution is -2.45. The van der Waals surface area contributed by atoms with Crippen LogP contribution in [0.15, 0.2) is 24.3 Å². The Balaban J connectivity index is 2.99. The molecule has 1 atom stereocenters. The van der Waals surface area contributed by atoms with Crippen molar-refractivity contribution in [2.45, 2.75) is 38.8 Å². The zero-order chi connectivity index (χ0) is 13.1. The Kier molecular flexibility index (Phi) is 4.99. The summed E-state index contributed by atoms with van der Waals surface area (Å²) in [6.07, 6.45) is 1.08. The minimum absolute atomic E-state index is 0.131. The van der Waals surface area contributed by atoms with Crippen LogP contribution >= 0.6 is 11.6 Å². The number of likely N-dealkylation sites (N-methyl/N-ethyl adjacent to an activating group) is 1. The summed E-state index contributed by atoms with van der Waals surface area (Å²) < 4.78 is 0. The largest absolute Gasteiger partial charge is 0.329 e. The summed E-state index contributed by atoms with van der Waals surface area (Å²) in [5, 5.41) is 0.767. The molecule has 0 amide bonds. The molecule has 0 bridgehead atoms. The molecule has 0 fully saturated rings. The molecule has 2 nitrogen and oxygen atoms in total. The number of rotatable bonds is 5. The predicted molar refractivity (Wildman–Crippen MR) is 75.4 cm³/mol. The lowest BCUT2D eigenvalue weighted by Gasteiger charge is -2.40. The van der Waals surface area contributed by atoms with Crippen molar-refractivity contribution in [2.75, 3.05) is 13.6 Å². The van der Waals surface area contributed by atoms with Gasteiger partial charge in [-0.15, -0.1) is 0 Å². The van der Waals surface area contributed by atoms with Crippen LogP contribution in [0, 0.1) is 0 Å². The van der Waals surface area contributed by atoms with Crippen LogP contribution < -0.4 is 5.73 Å². The molecule has 0 aromatic heterocycles. The Labute approximate surface area is 110 Å². The van der Waals surface area contributed by atoms with E-state index in [1.165, 1.54) is 5.56 Å². The molecule has 0 saturated carbocycles. The molecular weight excluding hydrogens is 232 g/mol. The standard InChI is InChI=1S/C14H23ClN2/c1-5-14(2,3)17(4)13(10-16)11-7-6-8-12(15)9-11/h6-9,13H,5,10,16H2,1-4H3. The van der Waals surface area contributed by atoms with Crippen LogP contribution in [0.4, 0.5) is 0 Å². The van der Waals surface area contributed by atoms with Crippen molar-refractivity contribution in [1.82, 2.24) is 4.90 Å². The molecule has 0 saturated heterocycles. The van der Waals surface area contributed by atoms with E-state index in [1.807, 2.05) is 18.2 Å². The zero-order valence-electron chi connectivity index (χ0n) is 11.2. The quantitative estimate of drug-likeness (QED) is 0.872. The summed E-state index contributed by atoms with van der Waals surface area (Å²) in [6, 6.07) is 8.17. The molecule has 17 heavy (non-hydrogen) atoms. The smallest absolute Gasteiger partial charge is 0.0473 e. The number of hydrogen-bond acceptors (Lipinski definition) is 2. The van der Waals surface area contributed by atoms with E-state index in [0.717, 1.165) is 11.4 Å². The van der Waals surface area contributed by atoms with Gasteiger partial charge in [0.2, 0.25) is 0 Å². The second kappa shape index (κ2) is 5.85. The van der Waals surface area contributed by atoms with Gasteiger partial charge in [-0.3, -0.25) is 4.90 Å². The van der Waals surface area contributed by atoms with Gasteiger partial charge in [-0.2, -0.15) is 0 Å². The number of hydrogen-bond donors (Lipinski definition) is 1. The van der Waals surface area contributed by atoms with Crippen molar-refractivity contribution < 1.29 is 0 Å². The Bertz CT molecular complexity index is 363. The molecule has 1 rings (SSSR count). The Hall–Kier alpha value is -0.570. The van der Waals surface area contributed by atoms with Crippen molar-refractivity contribution in [1.29, 1.82) is 0 Å². The molecule has 1 aromatic rings. The summed E-state index contributed by atoms with van der Waals surface area (Å²) in [5.74, 6) is 0. The van der Waals surface area contributed by atoms with Gasteiger partial charge in [-0.25, -0.2) is 0 Å². The molecule has 1 unspecified atom stereocenters. The van der Waals surface area contributed by atoms with Crippen LogP contribution in [0.5, 0.6) is 0 Å². The Morgan fingerprint density at radius 1 is 1.41 bits per heavy atom. The van der Waals surface area contributed by atoms with Gasteiger partial charge in [0.05, 0.1) is 0 Å². The van der Waals surface area contributed by atoms with Gasteiger partial charge in [0, 0.05) is 23.1 Å². The van der Waals surface area contributed by atoms with E-state index >= 15 is 0 Å². The molecule has 96 valence electrons. The highest BCUT2D eigenvalue weighted by Gasteiger charge is 2.28. The maximum Gasteiger partial charge on any atom is 0.0473 e. The van der Waals surface area contributed by atoms with Crippen LogP contribution in [0.1, 0.15) is 38.8 Å². The van der Waals surface area contributed by atoms with E-state index in [0.29, 0.717) is 6.54 Å². The molecule has 0 aliphatic carbocycles. The van der Waals surface area contributed by atoms with Crippen molar-refractivity contribution in [3.63, 3.8) is 0 Å². The van der Waals surface area contributed by atoms with E-state index < -0.39 is 0 Å². The van der Waals surface area contributed by atoms with Crippen LogP contribution in [-0.2, 0) is 0 Å². The monoisotopic (exact) mass is 254 g/mol. The maximum atomic E-state index is 6.04. The summed E-state index contributed by atoms with van der Waals surface area (Å²) in [7, 11) is 2.13. The molecule has 0 radical (unpaired) electrons. The SMILES string of the molecule is CCC(C)(C)N(C)C(CN)c1cccc(Cl)c1. The van der Waals surface area contributed by atoms with E-state index in [-0.39, 0.29) is 11.6 Å². The lowest BCUT2D eigenvalue weighted by atomic mass is 9.95.